The third-order valence-electron chi connectivity index (χ3n) is 6.15. The summed E-state index contributed by atoms with van der Waals surface area (Å²) in [6.07, 6.45) is 7.28. The molecule has 31 heavy (non-hydrogen) atoms. The van der Waals surface area contributed by atoms with Crippen molar-refractivity contribution in [2.24, 2.45) is 7.05 Å². The van der Waals surface area contributed by atoms with Crippen LogP contribution < -0.4 is 10.4 Å². The molecule has 0 aliphatic carbocycles. The van der Waals surface area contributed by atoms with E-state index in [0.717, 1.165) is 53.0 Å². The average molecular weight is 419 g/mol. The van der Waals surface area contributed by atoms with Crippen molar-refractivity contribution >= 4 is 22.1 Å². The first-order valence-electron chi connectivity index (χ1n) is 10.7. The summed E-state index contributed by atoms with van der Waals surface area (Å²) in [5.74, 6) is 0.559. The number of aryl methyl sites for hydroxylation is 1. The molecular formula is C23H26N6O2. The van der Waals surface area contributed by atoms with Crippen LogP contribution in [-0.2, 0) is 13.6 Å². The number of methoxy groups -OCH3 is 1. The molecule has 0 bridgehead atoms. The Morgan fingerprint density at radius 1 is 1.00 bits per heavy atom. The Kier molecular flexibility index (Phi) is 5.15. The first-order chi connectivity index (χ1) is 15.2. The number of hydrogen-bond acceptors (Lipinski definition) is 6. The van der Waals surface area contributed by atoms with E-state index in [4.69, 9.17) is 9.72 Å². The number of nitrogens with zero attached hydrogens (tertiary/aromatic N) is 6. The van der Waals surface area contributed by atoms with Gasteiger partial charge in [0.05, 0.1) is 35.6 Å². The quantitative estimate of drug-likeness (QED) is 0.496. The number of ether oxygens (including phenoxy) is 1. The third kappa shape index (κ3) is 3.57. The van der Waals surface area contributed by atoms with Gasteiger partial charge in [-0.15, -0.1) is 0 Å². The minimum absolute atomic E-state index is 0.0281. The molecule has 8 nitrogen and oxygen atoms in total. The molecule has 1 fully saturated rings. The molecule has 8 heteroatoms. The van der Waals surface area contributed by atoms with E-state index < -0.39 is 0 Å². The summed E-state index contributed by atoms with van der Waals surface area (Å²) in [5.41, 5.74) is 4.80. The molecule has 5 rings (SSSR count). The van der Waals surface area contributed by atoms with Gasteiger partial charge >= 0.3 is 5.69 Å². The SMILES string of the molecule is COc1ccc(-c2ccc3ncc4c(c3n2)n(CCN2CCCCC2)c(=O)n4C)cn1. The fourth-order valence-electron chi connectivity index (χ4n) is 4.38. The van der Waals surface area contributed by atoms with Crippen molar-refractivity contribution in [2.75, 3.05) is 26.7 Å². The standard InChI is InChI=1S/C23H26N6O2/c1-27-19-15-24-18-8-7-17(16-6-9-20(31-2)25-14-16)26-21(18)22(19)29(23(27)30)13-12-28-10-4-3-5-11-28/h6-9,14-15H,3-5,10-13H2,1-2H3. The molecule has 1 aliphatic heterocycles. The number of piperidine rings is 1. The molecule has 5 heterocycles. The summed E-state index contributed by atoms with van der Waals surface area (Å²) in [6, 6.07) is 7.64. The molecule has 4 aromatic heterocycles. The van der Waals surface area contributed by atoms with Gasteiger partial charge in [-0.1, -0.05) is 6.42 Å². The maximum atomic E-state index is 13.1. The summed E-state index contributed by atoms with van der Waals surface area (Å²) < 4.78 is 8.68. The Labute approximate surface area is 180 Å². The number of rotatable bonds is 5. The van der Waals surface area contributed by atoms with Crippen LogP contribution in [0.15, 0.2) is 41.5 Å². The number of aromatic nitrogens is 5. The van der Waals surface area contributed by atoms with Crippen molar-refractivity contribution in [1.82, 2.24) is 29.0 Å². The van der Waals surface area contributed by atoms with Gasteiger partial charge in [0.1, 0.15) is 5.52 Å². The molecule has 0 unspecified atom stereocenters. The second kappa shape index (κ2) is 8.11. The van der Waals surface area contributed by atoms with Crippen molar-refractivity contribution in [3.05, 3.63) is 47.1 Å². The lowest BCUT2D eigenvalue weighted by Crippen LogP contribution is -2.34. The first kappa shape index (κ1) is 19.7. The lowest BCUT2D eigenvalue weighted by molar-refractivity contribution is 0.221. The first-order valence-corrected chi connectivity index (χ1v) is 10.7. The van der Waals surface area contributed by atoms with E-state index in [-0.39, 0.29) is 5.69 Å². The number of hydrogen-bond donors (Lipinski definition) is 0. The van der Waals surface area contributed by atoms with E-state index in [1.807, 2.05) is 28.8 Å². The molecule has 160 valence electrons. The van der Waals surface area contributed by atoms with Crippen molar-refractivity contribution < 1.29 is 4.74 Å². The highest BCUT2D eigenvalue weighted by Crippen LogP contribution is 2.26. The van der Waals surface area contributed by atoms with Gasteiger partial charge in [-0.25, -0.2) is 14.8 Å². The van der Waals surface area contributed by atoms with Gasteiger partial charge in [-0.05, 0) is 44.1 Å². The number of pyridine rings is 3. The zero-order chi connectivity index (χ0) is 21.4. The fraction of sp³-hybridized carbons (Fsp3) is 0.391. The molecule has 0 amide bonds. The molecular weight excluding hydrogens is 392 g/mol. The van der Waals surface area contributed by atoms with Gasteiger partial charge < -0.3 is 9.64 Å². The highest BCUT2D eigenvalue weighted by atomic mass is 16.5. The van der Waals surface area contributed by atoms with Crippen LogP contribution in [0.2, 0.25) is 0 Å². The molecule has 0 atom stereocenters. The van der Waals surface area contributed by atoms with E-state index >= 15 is 0 Å². The van der Waals surface area contributed by atoms with Gasteiger partial charge in [-0.3, -0.25) is 14.1 Å². The molecule has 1 aliphatic rings. The summed E-state index contributed by atoms with van der Waals surface area (Å²) in [6.45, 7) is 3.72. The number of fused-ring (bicyclic) bond motifs is 3. The van der Waals surface area contributed by atoms with Crippen LogP contribution in [0.3, 0.4) is 0 Å². The molecule has 0 radical (unpaired) electrons. The minimum atomic E-state index is -0.0281. The van der Waals surface area contributed by atoms with Crippen LogP contribution in [0.25, 0.3) is 33.3 Å². The smallest absolute Gasteiger partial charge is 0.328 e. The molecule has 0 N–H and O–H groups in total. The van der Waals surface area contributed by atoms with Crippen LogP contribution >= 0.6 is 0 Å². The van der Waals surface area contributed by atoms with E-state index in [0.29, 0.717) is 12.4 Å². The van der Waals surface area contributed by atoms with Crippen LogP contribution in [0.4, 0.5) is 0 Å². The van der Waals surface area contributed by atoms with Gasteiger partial charge in [0.25, 0.3) is 0 Å². The van der Waals surface area contributed by atoms with E-state index in [2.05, 4.69) is 14.9 Å². The topological polar surface area (TPSA) is 78.1 Å². The van der Waals surface area contributed by atoms with Crippen molar-refractivity contribution in [3.63, 3.8) is 0 Å². The van der Waals surface area contributed by atoms with Gasteiger partial charge in [-0.2, -0.15) is 0 Å². The Morgan fingerprint density at radius 3 is 2.58 bits per heavy atom. The van der Waals surface area contributed by atoms with Crippen molar-refractivity contribution in [1.29, 1.82) is 0 Å². The van der Waals surface area contributed by atoms with Crippen molar-refractivity contribution in [2.45, 2.75) is 25.8 Å². The summed E-state index contributed by atoms with van der Waals surface area (Å²) in [7, 11) is 3.39. The Bertz CT molecular complexity index is 1290. The maximum Gasteiger partial charge on any atom is 0.328 e. The Balaban J connectivity index is 1.61. The molecule has 0 spiro atoms. The van der Waals surface area contributed by atoms with Crippen LogP contribution in [-0.4, -0.2) is 55.7 Å². The summed E-state index contributed by atoms with van der Waals surface area (Å²) in [4.78, 5) is 29.3. The summed E-state index contributed by atoms with van der Waals surface area (Å²) in [5, 5.41) is 0. The number of imidazole rings is 1. The van der Waals surface area contributed by atoms with Gasteiger partial charge in [0.2, 0.25) is 5.88 Å². The second-order valence-corrected chi connectivity index (χ2v) is 8.04. The normalized spacial score (nSPS) is 15.0. The molecule has 4 aromatic rings. The fourth-order valence-corrected chi connectivity index (χ4v) is 4.38. The van der Waals surface area contributed by atoms with Gasteiger partial charge in [0, 0.05) is 38.0 Å². The third-order valence-corrected chi connectivity index (χ3v) is 6.15. The molecule has 0 saturated carbocycles. The van der Waals surface area contributed by atoms with Crippen molar-refractivity contribution in [3.8, 4) is 17.1 Å². The van der Waals surface area contributed by atoms with Gasteiger partial charge in [0.15, 0.2) is 0 Å². The van der Waals surface area contributed by atoms with E-state index in [1.54, 1.807) is 31.1 Å². The minimum Gasteiger partial charge on any atom is -0.481 e. The van der Waals surface area contributed by atoms with Crippen LogP contribution in [0, 0.1) is 0 Å². The highest BCUT2D eigenvalue weighted by Gasteiger charge is 2.18. The largest absolute Gasteiger partial charge is 0.481 e. The Hall–Kier alpha value is -3.26. The van der Waals surface area contributed by atoms with E-state index in [1.165, 1.54) is 19.3 Å². The lowest BCUT2D eigenvalue weighted by atomic mass is 10.1. The summed E-state index contributed by atoms with van der Waals surface area (Å²) >= 11 is 0. The highest BCUT2D eigenvalue weighted by molar-refractivity contribution is 6.00. The predicted octanol–water partition coefficient (Wildman–Crippen LogP) is 2.84. The predicted molar refractivity (Wildman–Crippen MR) is 120 cm³/mol. The monoisotopic (exact) mass is 418 g/mol. The molecule has 0 aromatic carbocycles. The van der Waals surface area contributed by atoms with Crippen LogP contribution in [0.5, 0.6) is 5.88 Å². The maximum absolute atomic E-state index is 13.1. The lowest BCUT2D eigenvalue weighted by Gasteiger charge is -2.26. The molecule has 1 saturated heterocycles. The second-order valence-electron chi connectivity index (χ2n) is 8.04. The zero-order valence-corrected chi connectivity index (χ0v) is 17.9. The van der Waals surface area contributed by atoms with Crippen LogP contribution in [0.1, 0.15) is 19.3 Å². The Morgan fingerprint density at radius 2 is 1.84 bits per heavy atom. The zero-order valence-electron chi connectivity index (χ0n) is 17.9. The van der Waals surface area contributed by atoms with E-state index in [9.17, 15) is 4.79 Å². The number of likely N-dealkylation sites (tertiary alicyclic amines) is 1. The average Bonchev–Trinajstić information content (AvgIpc) is 3.08.